The molecule has 0 unspecified atom stereocenters. The largest absolute Gasteiger partial charge is 0.493 e. The van der Waals surface area contributed by atoms with Crippen LogP contribution in [0.2, 0.25) is 0 Å². The van der Waals surface area contributed by atoms with Gasteiger partial charge < -0.3 is 4.74 Å². The number of fused-ring (bicyclic) bond motifs is 1. The van der Waals surface area contributed by atoms with Crippen LogP contribution in [0.25, 0.3) is 22.4 Å². The molecule has 5 nitrogen and oxygen atoms in total. The summed E-state index contributed by atoms with van der Waals surface area (Å²) < 4.78 is 7.85. The third kappa shape index (κ3) is 3.68. The van der Waals surface area contributed by atoms with Gasteiger partial charge in [-0.2, -0.15) is 9.50 Å². The van der Waals surface area contributed by atoms with Gasteiger partial charge >= 0.3 is 0 Å². The van der Waals surface area contributed by atoms with Crippen molar-refractivity contribution in [2.24, 2.45) is 0 Å². The number of benzene rings is 2. The van der Waals surface area contributed by atoms with Gasteiger partial charge in [-0.15, -0.1) is 5.10 Å². The van der Waals surface area contributed by atoms with E-state index in [2.05, 4.69) is 17.0 Å². The Hall–Kier alpha value is -2.99. The van der Waals surface area contributed by atoms with E-state index in [9.17, 15) is 4.79 Å². The predicted octanol–water partition coefficient (Wildman–Crippen LogP) is 3.85. The van der Waals surface area contributed by atoms with E-state index in [-0.39, 0.29) is 5.56 Å². The first-order chi connectivity index (χ1) is 13.7. The molecule has 0 bridgehead atoms. The number of hydrogen-bond donors (Lipinski definition) is 0. The van der Waals surface area contributed by atoms with Crippen LogP contribution in [0.1, 0.15) is 30.9 Å². The normalized spacial score (nSPS) is 12.0. The minimum Gasteiger partial charge on any atom is -0.493 e. The Morgan fingerprint density at radius 1 is 1.18 bits per heavy atom. The first-order valence-electron chi connectivity index (χ1n) is 9.36. The minimum absolute atomic E-state index is 0.158. The third-order valence-corrected chi connectivity index (χ3v) is 5.38. The SMILES string of the molecule is CCCCOc1ccccc1/C=c1/sc2nc(-c3cccc(C)c3)nn2c1=O. The smallest absolute Gasteiger partial charge is 0.291 e. The summed E-state index contributed by atoms with van der Waals surface area (Å²) in [4.78, 5) is 18.0. The van der Waals surface area contributed by atoms with Gasteiger partial charge in [-0.1, -0.05) is 66.6 Å². The van der Waals surface area contributed by atoms with Crippen molar-refractivity contribution < 1.29 is 4.74 Å². The van der Waals surface area contributed by atoms with Crippen LogP contribution in [0.5, 0.6) is 5.75 Å². The van der Waals surface area contributed by atoms with Crippen molar-refractivity contribution in [2.45, 2.75) is 26.7 Å². The van der Waals surface area contributed by atoms with Gasteiger partial charge in [-0.05, 0) is 31.6 Å². The number of hydrogen-bond acceptors (Lipinski definition) is 5. The molecule has 0 aliphatic carbocycles. The second-order valence-electron chi connectivity index (χ2n) is 6.65. The number of aryl methyl sites for hydroxylation is 1. The molecule has 2 aromatic heterocycles. The van der Waals surface area contributed by atoms with Crippen molar-refractivity contribution in [1.29, 1.82) is 0 Å². The van der Waals surface area contributed by atoms with Crippen LogP contribution < -0.4 is 14.8 Å². The highest BCUT2D eigenvalue weighted by Gasteiger charge is 2.12. The first-order valence-corrected chi connectivity index (χ1v) is 10.2. The second-order valence-corrected chi connectivity index (χ2v) is 7.66. The molecule has 0 N–H and O–H groups in total. The number of aromatic nitrogens is 3. The summed E-state index contributed by atoms with van der Waals surface area (Å²) in [5, 5.41) is 4.42. The molecule has 0 spiro atoms. The molecule has 2 aromatic carbocycles. The van der Waals surface area contributed by atoms with Crippen molar-refractivity contribution in [3.05, 3.63) is 74.5 Å². The number of unbranched alkanes of at least 4 members (excludes halogenated alkanes) is 1. The van der Waals surface area contributed by atoms with Gasteiger partial charge in [-0.3, -0.25) is 4.79 Å². The Balaban J connectivity index is 1.72. The van der Waals surface area contributed by atoms with Gasteiger partial charge in [0.25, 0.3) is 5.56 Å². The van der Waals surface area contributed by atoms with Crippen LogP contribution in [-0.4, -0.2) is 21.2 Å². The number of ether oxygens (including phenoxy) is 1. The molecule has 0 saturated carbocycles. The fourth-order valence-electron chi connectivity index (χ4n) is 2.94. The van der Waals surface area contributed by atoms with Crippen LogP contribution in [0.4, 0.5) is 0 Å². The lowest BCUT2D eigenvalue weighted by Crippen LogP contribution is -2.23. The summed E-state index contributed by atoms with van der Waals surface area (Å²) in [6.45, 7) is 4.82. The van der Waals surface area contributed by atoms with Crippen LogP contribution in [0, 0.1) is 6.92 Å². The van der Waals surface area contributed by atoms with E-state index in [1.165, 1.54) is 15.9 Å². The molecule has 0 radical (unpaired) electrons. The Morgan fingerprint density at radius 3 is 2.82 bits per heavy atom. The summed E-state index contributed by atoms with van der Waals surface area (Å²) in [7, 11) is 0. The maximum Gasteiger partial charge on any atom is 0.291 e. The van der Waals surface area contributed by atoms with Gasteiger partial charge in [0.1, 0.15) is 5.75 Å². The average molecular weight is 391 g/mol. The molecule has 6 heteroatoms. The van der Waals surface area contributed by atoms with Crippen molar-refractivity contribution in [3.63, 3.8) is 0 Å². The maximum absolute atomic E-state index is 12.8. The Bertz CT molecular complexity index is 1230. The summed E-state index contributed by atoms with van der Waals surface area (Å²) in [5.41, 5.74) is 2.77. The van der Waals surface area contributed by atoms with Gasteiger partial charge in [0.05, 0.1) is 11.1 Å². The van der Waals surface area contributed by atoms with Gasteiger partial charge in [0, 0.05) is 11.1 Å². The van der Waals surface area contributed by atoms with E-state index in [4.69, 9.17) is 4.74 Å². The Labute approximate surface area is 166 Å². The number of thiazole rings is 1. The van der Waals surface area contributed by atoms with Gasteiger partial charge in [-0.25, -0.2) is 0 Å². The minimum atomic E-state index is -0.158. The highest BCUT2D eigenvalue weighted by molar-refractivity contribution is 7.15. The molecule has 4 aromatic rings. The zero-order chi connectivity index (χ0) is 19.5. The van der Waals surface area contributed by atoms with E-state index in [0.717, 1.165) is 35.3 Å². The zero-order valence-electron chi connectivity index (χ0n) is 15.9. The molecule has 28 heavy (non-hydrogen) atoms. The molecule has 0 fully saturated rings. The van der Waals surface area contributed by atoms with E-state index in [0.29, 0.717) is 21.9 Å². The lowest BCUT2D eigenvalue weighted by atomic mass is 10.1. The van der Waals surface area contributed by atoms with Crippen LogP contribution >= 0.6 is 11.3 Å². The molecule has 0 atom stereocenters. The van der Waals surface area contributed by atoms with E-state index in [1.54, 1.807) is 0 Å². The first kappa shape index (κ1) is 18.4. The highest BCUT2D eigenvalue weighted by Crippen LogP contribution is 2.20. The number of nitrogens with zero attached hydrogens (tertiary/aromatic N) is 3. The lowest BCUT2D eigenvalue weighted by Gasteiger charge is -2.07. The number of para-hydroxylation sites is 1. The van der Waals surface area contributed by atoms with E-state index >= 15 is 0 Å². The van der Waals surface area contributed by atoms with E-state index < -0.39 is 0 Å². The average Bonchev–Trinajstić information content (AvgIpc) is 3.23. The van der Waals surface area contributed by atoms with Crippen molar-refractivity contribution in [1.82, 2.24) is 14.6 Å². The molecular formula is C22H21N3O2S. The number of rotatable bonds is 6. The van der Waals surface area contributed by atoms with Gasteiger partial charge in [0.2, 0.25) is 4.96 Å². The van der Waals surface area contributed by atoms with Crippen molar-refractivity contribution in [2.75, 3.05) is 6.61 Å². The quantitative estimate of drug-likeness (QED) is 0.469. The predicted molar refractivity (Wildman–Crippen MR) is 113 cm³/mol. The Kier molecular flexibility index (Phi) is 5.21. The Morgan fingerprint density at radius 2 is 2.04 bits per heavy atom. The molecule has 0 aliphatic rings. The standard InChI is InChI=1S/C22H21N3O2S/c1-3-4-12-27-18-11-6-5-9-16(18)14-19-21(26)25-22(28-19)23-20(24-25)17-10-7-8-15(2)13-17/h5-11,13-14H,3-4,12H2,1-2H3/b19-14+. The van der Waals surface area contributed by atoms with Crippen LogP contribution in [0.3, 0.4) is 0 Å². The van der Waals surface area contributed by atoms with Crippen molar-refractivity contribution >= 4 is 22.4 Å². The highest BCUT2D eigenvalue weighted by atomic mass is 32.1. The van der Waals surface area contributed by atoms with Gasteiger partial charge in [0.15, 0.2) is 5.82 Å². The maximum atomic E-state index is 12.8. The fourth-order valence-corrected chi connectivity index (χ4v) is 3.84. The fraction of sp³-hybridized carbons (Fsp3) is 0.227. The zero-order valence-corrected chi connectivity index (χ0v) is 16.7. The van der Waals surface area contributed by atoms with Crippen LogP contribution in [-0.2, 0) is 0 Å². The van der Waals surface area contributed by atoms with Crippen molar-refractivity contribution in [3.8, 4) is 17.1 Å². The molecular weight excluding hydrogens is 370 g/mol. The monoisotopic (exact) mass is 391 g/mol. The second kappa shape index (κ2) is 7.94. The topological polar surface area (TPSA) is 56.5 Å². The molecule has 0 aliphatic heterocycles. The van der Waals surface area contributed by atoms with E-state index in [1.807, 2.05) is 61.5 Å². The molecule has 142 valence electrons. The summed E-state index contributed by atoms with van der Waals surface area (Å²) in [6.07, 6.45) is 3.93. The summed E-state index contributed by atoms with van der Waals surface area (Å²) in [5.74, 6) is 1.36. The summed E-state index contributed by atoms with van der Waals surface area (Å²) in [6, 6.07) is 15.7. The molecule has 0 amide bonds. The molecule has 0 saturated heterocycles. The van der Waals surface area contributed by atoms with Crippen LogP contribution in [0.15, 0.2) is 53.3 Å². The summed E-state index contributed by atoms with van der Waals surface area (Å²) >= 11 is 1.34. The molecule has 2 heterocycles. The molecule has 4 rings (SSSR count). The lowest BCUT2D eigenvalue weighted by molar-refractivity contribution is 0.309. The third-order valence-electron chi connectivity index (χ3n) is 4.42.